The zero-order valence-corrected chi connectivity index (χ0v) is 15.5. The van der Waals surface area contributed by atoms with E-state index in [1.54, 1.807) is 18.2 Å². The first-order chi connectivity index (χ1) is 12.0. The molecule has 1 aliphatic rings. The molecule has 0 bridgehead atoms. The minimum Gasteiger partial charge on any atom is -0.268 e. The lowest BCUT2D eigenvalue weighted by Crippen LogP contribution is -2.27. The Morgan fingerprint density at radius 3 is 2.44 bits per heavy atom. The first-order valence-corrected chi connectivity index (χ1v) is 8.99. The number of rotatable bonds is 3. The molecule has 2 amide bonds. The number of anilines is 1. The average Bonchev–Trinajstić information content (AvgIpc) is 2.85. The van der Waals surface area contributed by atoms with Gasteiger partial charge in [-0.25, -0.2) is 4.90 Å². The van der Waals surface area contributed by atoms with Crippen molar-refractivity contribution >= 4 is 57.9 Å². The minimum absolute atomic E-state index is 0.294. The number of allylic oxidation sites excluding steroid dienone is 2. The highest BCUT2D eigenvalue weighted by atomic mass is 35.5. The van der Waals surface area contributed by atoms with Crippen molar-refractivity contribution in [2.24, 2.45) is 0 Å². The Morgan fingerprint density at radius 2 is 1.76 bits per heavy atom. The van der Waals surface area contributed by atoms with Crippen molar-refractivity contribution < 1.29 is 9.59 Å². The number of thioether (sulfide) groups is 1. The molecule has 6 heteroatoms. The molecule has 2 aromatic rings. The highest BCUT2D eigenvalue weighted by Gasteiger charge is 2.36. The second-order valence-corrected chi connectivity index (χ2v) is 7.22. The third-order valence-electron chi connectivity index (χ3n) is 3.51. The Kier molecular flexibility index (Phi) is 5.33. The molecule has 3 rings (SSSR count). The van der Waals surface area contributed by atoms with Crippen LogP contribution in [0.2, 0.25) is 10.0 Å². The van der Waals surface area contributed by atoms with Crippen LogP contribution in [0, 0.1) is 0 Å². The quantitative estimate of drug-likeness (QED) is 0.588. The van der Waals surface area contributed by atoms with Gasteiger partial charge in [0.1, 0.15) is 0 Å². The molecule has 1 heterocycles. The molecule has 1 fully saturated rings. The van der Waals surface area contributed by atoms with Gasteiger partial charge in [-0.1, -0.05) is 59.6 Å². The number of imide groups is 1. The minimum atomic E-state index is -0.366. The molecule has 0 N–H and O–H groups in total. The van der Waals surface area contributed by atoms with Gasteiger partial charge in [0.05, 0.1) is 20.6 Å². The number of carbonyl (C=O) groups excluding carboxylic acids is 2. The number of hydrogen-bond acceptors (Lipinski definition) is 3. The number of hydrogen-bond donors (Lipinski definition) is 0. The highest BCUT2D eigenvalue weighted by Crippen LogP contribution is 2.37. The molecule has 0 radical (unpaired) electrons. The van der Waals surface area contributed by atoms with E-state index >= 15 is 0 Å². The zero-order chi connectivity index (χ0) is 18.0. The van der Waals surface area contributed by atoms with Crippen LogP contribution in [0.15, 0.2) is 65.1 Å². The van der Waals surface area contributed by atoms with Gasteiger partial charge in [0.15, 0.2) is 0 Å². The van der Waals surface area contributed by atoms with Gasteiger partial charge in [0, 0.05) is 0 Å². The molecule has 0 aliphatic carbocycles. The third-order valence-corrected chi connectivity index (χ3v) is 5.12. The van der Waals surface area contributed by atoms with Crippen molar-refractivity contribution in [3.63, 3.8) is 0 Å². The molecule has 126 valence electrons. The number of carbonyl (C=O) groups is 2. The lowest BCUT2D eigenvalue weighted by Gasteiger charge is -2.13. The van der Waals surface area contributed by atoms with Gasteiger partial charge in [-0.05, 0) is 54.1 Å². The van der Waals surface area contributed by atoms with Crippen LogP contribution in [-0.4, -0.2) is 11.1 Å². The number of halogens is 2. The summed E-state index contributed by atoms with van der Waals surface area (Å²) in [5.74, 6) is -0.366. The van der Waals surface area contributed by atoms with E-state index < -0.39 is 0 Å². The van der Waals surface area contributed by atoms with Gasteiger partial charge < -0.3 is 0 Å². The lowest BCUT2D eigenvalue weighted by molar-refractivity contribution is -0.113. The Hall–Kier alpha value is -2.01. The second kappa shape index (κ2) is 7.48. The maximum absolute atomic E-state index is 12.6. The highest BCUT2D eigenvalue weighted by molar-refractivity contribution is 8.18. The van der Waals surface area contributed by atoms with Crippen LogP contribution in [0.5, 0.6) is 0 Å². The SMILES string of the molecule is CC(/C=C1\SC(=O)N(c2ccc(Cl)c(Cl)c2)C1=O)=C\c1ccccc1. The van der Waals surface area contributed by atoms with E-state index in [9.17, 15) is 9.59 Å². The first-order valence-electron chi connectivity index (χ1n) is 7.42. The summed E-state index contributed by atoms with van der Waals surface area (Å²) in [5.41, 5.74) is 2.32. The topological polar surface area (TPSA) is 37.4 Å². The average molecular weight is 390 g/mol. The molecular formula is C19H13Cl2NO2S. The van der Waals surface area contributed by atoms with E-state index in [0.717, 1.165) is 27.8 Å². The Labute approximate surface area is 159 Å². The summed E-state index contributed by atoms with van der Waals surface area (Å²) in [4.78, 5) is 26.4. The van der Waals surface area contributed by atoms with Gasteiger partial charge in [0.25, 0.3) is 11.1 Å². The van der Waals surface area contributed by atoms with E-state index in [4.69, 9.17) is 23.2 Å². The fraction of sp³-hybridized carbons (Fsp3) is 0.0526. The maximum atomic E-state index is 12.6. The summed E-state index contributed by atoms with van der Waals surface area (Å²) in [7, 11) is 0. The Bertz CT molecular complexity index is 907. The summed E-state index contributed by atoms with van der Waals surface area (Å²) in [6.45, 7) is 1.89. The summed E-state index contributed by atoms with van der Waals surface area (Å²) < 4.78 is 0. The van der Waals surface area contributed by atoms with Crippen LogP contribution < -0.4 is 4.90 Å². The normalized spacial score (nSPS) is 16.8. The predicted octanol–water partition coefficient (Wildman–Crippen LogP) is 6.18. The summed E-state index contributed by atoms with van der Waals surface area (Å²) >= 11 is 12.8. The zero-order valence-electron chi connectivity index (χ0n) is 13.2. The van der Waals surface area contributed by atoms with Crippen molar-refractivity contribution in [1.82, 2.24) is 0 Å². The monoisotopic (exact) mass is 389 g/mol. The summed E-state index contributed by atoms with van der Waals surface area (Å²) in [5, 5.41) is 0.305. The second-order valence-electron chi connectivity index (χ2n) is 5.41. The molecule has 0 saturated carbocycles. The molecule has 0 aromatic heterocycles. The van der Waals surface area contributed by atoms with Crippen LogP contribution in [0.25, 0.3) is 6.08 Å². The van der Waals surface area contributed by atoms with Crippen molar-refractivity contribution in [2.75, 3.05) is 4.90 Å². The standard InChI is InChI=1S/C19H13Cl2NO2S/c1-12(9-13-5-3-2-4-6-13)10-17-18(23)22(19(24)25-17)14-7-8-15(20)16(21)11-14/h2-11H,1H3/b12-9+,17-10-. The molecule has 2 aromatic carbocycles. The van der Waals surface area contributed by atoms with Gasteiger partial charge in [-0.2, -0.15) is 0 Å². The lowest BCUT2D eigenvalue weighted by atomic mass is 10.1. The van der Waals surface area contributed by atoms with Crippen molar-refractivity contribution in [3.8, 4) is 0 Å². The Balaban J connectivity index is 1.88. The van der Waals surface area contributed by atoms with Gasteiger partial charge in [-0.3, -0.25) is 9.59 Å². The van der Waals surface area contributed by atoms with Crippen molar-refractivity contribution in [2.45, 2.75) is 6.92 Å². The first kappa shape index (κ1) is 17.8. The van der Waals surface area contributed by atoms with E-state index in [-0.39, 0.29) is 11.1 Å². The number of benzene rings is 2. The smallest absolute Gasteiger partial charge is 0.268 e. The van der Waals surface area contributed by atoms with E-state index in [1.165, 1.54) is 6.07 Å². The molecule has 1 aliphatic heterocycles. The summed E-state index contributed by atoms with van der Waals surface area (Å²) in [6.07, 6.45) is 3.67. The third kappa shape index (κ3) is 3.98. The maximum Gasteiger partial charge on any atom is 0.298 e. The largest absolute Gasteiger partial charge is 0.298 e. The Morgan fingerprint density at radius 1 is 1.04 bits per heavy atom. The van der Waals surface area contributed by atoms with Gasteiger partial charge in [-0.15, -0.1) is 0 Å². The molecule has 1 saturated heterocycles. The van der Waals surface area contributed by atoms with Gasteiger partial charge >= 0.3 is 0 Å². The molecular weight excluding hydrogens is 377 g/mol. The number of amides is 2. The van der Waals surface area contributed by atoms with Crippen LogP contribution in [0.1, 0.15) is 12.5 Å². The number of nitrogens with zero attached hydrogens (tertiary/aromatic N) is 1. The molecule has 0 unspecified atom stereocenters. The van der Waals surface area contributed by atoms with Crippen LogP contribution in [-0.2, 0) is 4.79 Å². The van der Waals surface area contributed by atoms with E-state index in [2.05, 4.69) is 0 Å². The van der Waals surface area contributed by atoms with Gasteiger partial charge in [0.2, 0.25) is 0 Å². The van der Waals surface area contributed by atoms with E-state index in [1.807, 2.05) is 43.3 Å². The fourth-order valence-corrected chi connectivity index (χ4v) is 3.56. The van der Waals surface area contributed by atoms with Crippen LogP contribution >= 0.6 is 35.0 Å². The fourth-order valence-electron chi connectivity index (χ4n) is 2.38. The molecule has 0 spiro atoms. The molecule has 0 atom stereocenters. The summed E-state index contributed by atoms with van der Waals surface area (Å²) in [6, 6.07) is 14.4. The molecule has 3 nitrogen and oxygen atoms in total. The van der Waals surface area contributed by atoms with Crippen molar-refractivity contribution in [3.05, 3.63) is 80.7 Å². The van der Waals surface area contributed by atoms with E-state index in [0.29, 0.717) is 20.6 Å². The van der Waals surface area contributed by atoms with Crippen LogP contribution in [0.3, 0.4) is 0 Å². The predicted molar refractivity (Wildman–Crippen MR) is 105 cm³/mol. The molecule has 25 heavy (non-hydrogen) atoms. The van der Waals surface area contributed by atoms with Crippen molar-refractivity contribution in [1.29, 1.82) is 0 Å². The van der Waals surface area contributed by atoms with Crippen LogP contribution in [0.4, 0.5) is 10.5 Å².